The summed E-state index contributed by atoms with van der Waals surface area (Å²) in [6, 6.07) is 7.86. The number of benzene rings is 1. The molecule has 17 heavy (non-hydrogen) atoms. The first-order chi connectivity index (χ1) is 8.17. The second-order valence-corrected chi connectivity index (χ2v) is 3.98. The highest BCUT2D eigenvalue weighted by atomic mass is 16.5. The van der Waals surface area contributed by atoms with Gasteiger partial charge in [-0.05, 0) is 30.5 Å². The van der Waals surface area contributed by atoms with Gasteiger partial charge in [-0.25, -0.2) is 9.78 Å². The van der Waals surface area contributed by atoms with E-state index in [1.807, 2.05) is 25.1 Å². The van der Waals surface area contributed by atoms with Crippen LogP contribution < -0.4 is 0 Å². The molecule has 0 fully saturated rings. The maximum atomic E-state index is 11.5. The van der Waals surface area contributed by atoms with Crippen molar-refractivity contribution < 1.29 is 9.53 Å². The minimum atomic E-state index is -0.388. The van der Waals surface area contributed by atoms with Crippen molar-refractivity contribution in [3.8, 4) is 0 Å². The molecule has 1 aromatic carbocycles. The number of methoxy groups -OCH3 is 1. The van der Waals surface area contributed by atoms with Gasteiger partial charge in [0, 0.05) is 5.39 Å². The van der Waals surface area contributed by atoms with Crippen LogP contribution in [0.1, 0.15) is 28.5 Å². The van der Waals surface area contributed by atoms with Crippen molar-refractivity contribution in [2.24, 2.45) is 0 Å². The summed E-state index contributed by atoms with van der Waals surface area (Å²) in [5, 5.41) is 1.09. The molecule has 0 amide bonds. The summed E-state index contributed by atoms with van der Waals surface area (Å²) in [5.74, 6) is -0.388. The summed E-state index contributed by atoms with van der Waals surface area (Å²) < 4.78 is 4.71. The number of fused-ring (bicyclic) bond motifs is 1. The van der Waals surface area contributed by atoms with E-state index in [0.717, 1.165) is 28.5 Å². The number of pyridine rings is 1. The van der Waals surface area contributed by atoms with Crippen LogP contribution in [0.4, 0.5) is 0 Å². The van der Waals surface area contributed by atoms with Gasteiger partial charge in [0.15, 0.2) is 0 Å². The van der Waals surface area contributed by atoms with Gasteiger partial charge in [-0.3, -0.25) is 0 Å². The van der Waals surface area contributed by atoms with Crippen molar-refractivity contribution in [1.82, 2.24) is 4.98 Å². The second-order valence-electron chi connectivity index (χ2n) is 3.98. The largest absolute Gasteiger partial charge is 0.464 e. The number of aromatic nitrogens is 1. The summed E-state index contributed by atoms with van der Waals surface area (Å²) in [4.78, 5) is 15.9. The van der Waals surface area contributed by atoms with Crippen LogP contribution in [0.15, 0.2) is 24.3 Å². The number of rotatable bonds is 2. The van der Waals surface area contributed by atoms with Crippen molar-refractivity contribution in [3.05, 3.63) is 41.1 Å². The van der Waals surface area contributed by atoms with Crippen LogP contribution in [-0.2, 0) is 11.2 Å². The molecule has 3 nitrogen and oxygen atoms in total. The van der Waals surface area contributed by atoms with Gasteiger partial charge in [0.2, 0.25) is 0 Å². The highest BCUT2D eigenvalue weighted by Crippen LogP contribution is 2.22. The van der Waals surface area contributed by atoms with Gasteiger partial charge < -0.3 is 4.74 Å². The van der Waals surface area contributed by atoms with Crippen LogP contribution in [0.5, 0.6) is 0 Å². The quantitative estimate of drug-likeness (QED) is 0.743. The molecule has 0 saturated carbocycles. The van der Waals surface area contributed by atoms with Crippen molar-refractivity contribution in [2.75, 3.05) is 7.11 Å². The van der Waals surface area contributed by atoms with Gasteiger partial charge in [0.1, 0.15) is 5.69 Å². The normalized spacial score (nSPS) is 10.5. The van der Waals surface area contributed by atoms with Crippen molar-refractivity contribution >= 4 is 16.9 Å². The van der Waals surface area contributed by atoms with E-state index >= 15 is 0 Å². The van der Waals surface area contributed by atoms with E-state index in [4.69, 9.17) is 4.74 Å². The first-order valence-electron chi connectivity index (χ1n) is 5.65. The molecule has 88 valence electrons. The van der Waals surface area contributed by atoms with E-state index in [0.29, 0.717) is 5.69 Å². The third-order valence-corrected chi connectivity index (χ3v) is 2.91. The smallest absolute Gasteiger partial charge is 0.356 e. The lowest BCUT2D eigenvalue weighted by Gasteiger charge is -2.08. The fraction of sp³-hybridized carbons (Fsp3) is 0.286. The summed E-state index contributed by atoms with van der Waals surface area (Å²) in [5.41, 5.74) is 3.47. The average molecular weight is 229 g/mol. The Morgan fingerprint density at radius 3 is 2.82 bits per heavy atom. The molecule has 0 atom stereocenters. The SMILES string of the molecule is CCc1cccc2c(C)cc(C(=O)OC)nc12. The maximum absolute atomic E-state index is 11.5. The van der Waals surface area contributed by atoms with Gasteiger partial charge in [-0.2, -0.15) is 0 Å². The van der Waals surface area contributed by atoms with E-state index in [1.54, 1.807) is 6.07 Å². The van der Waals surface area contributed by atoms with Gasteiger partial charge >= 0.3 is 5.97 Å². The summed E-state index contributed by atoms with van der Waals surface area (Å²) in [6.45, 7) is 4.06. The molecule has 0 unspecified atom stereocenters. The summed E-state index contributed by atoms with van der Waals surface area (Å²) in [6.07, 6.45) is 0.897. The third-order valence-electron chi connectivity index (χ3n) is 2.91. The van der Waals surface area contributed by atoms with Crippen LogP contribution in [0.3, 0.4) is 0 Å². The number of carbonyl (C=O) groups is 1. The predicted molar refractivity (Wildman–Crippen MR) is 67.2 cm³/mol. The molecular weight excluding hydrogens is 214 g/mol. The van der Waals surface area contributed by atoms with E-state index in [-0.39, 0.29) is 5.97 Å². The Labute approximate surface area is 100 Å². The van der Waals surface area contributed by atoms with Crippen molar-refractivity contribution in [2.45, 2.75) is 20.3 Å². The fourth-order valence-electron chi connectivity index (χ4n) is 1.97. The Kier molecular flexibility index (Phi) is 3.09. The average Bonchev–Trinajstić information content (AvgIpc) is 2.37. The molecule has 0 saturated heterocycles. The lowest BCUT2D eigenvalue weighted by atomic mass is 10.0. The van der Waals surface area contributed by atoms with Crippen LogP contribution >= 0.6 is 0 Å². The first-order valence-corrected chi connectivity index (χ1v) is 5.65. The summed E-state index contributed by atoms with van der Waals surface area (Å²) in [7, 11) is 1.37. The Hall–Kier alpha value is -1.90. The molecule has 2 rings (SSSR count). The van der Waals surface area contributed by atoms with E-state index in [9.17, 15) is 4.79 Å². The molecule has 0 N–H and O–H groups in total. The maximum Gasteiger partial charge on any atom is 0.356 e. The number of hydrogen-bond donors (Lipinski definition) is 0. The number of ether oxygens (including phenoxy) is 1. The number of aryl methyl sites for hydroxylation is 2. The standard InChI is InChI=1S/C14H15NO2/c1-4-10-6-5-7-11-9(2)8-12(14(16)17-3)15-13(10)11/h5-8H,4H2,1-3H3. The monoisotopic (exact) mass is 229 g/mol. The molecule has 0 bridgehead atoms. The molecule has 2 aromatic rings. The van der Waals surface area contributed by atoms with Crippen LogP contribution in [0.2, 0.25) is 0 Å². The van der Waals surface area contributed by atoms with E-state index in [1.165, 1.54) is 7.11 Å². The molecule has 0 radical (unpaired) electrons. The zero-order valence-corrected chi connectivity index (χ0v) is 10.3. The van der Waals surface area contributed by atoms with E-state index in [2.05, 4.69) is 11.9 Å². The highest BCUT2D eigenvalue weighted by molar-refractivity contribution is 5.93. The lowest BCUT2D eigenvalue weighted by Crippen LogP contribution is -2.05. The zero-order chi connectivity index (χ0) is 12.4. The third kappa shape index (κ3) is 2.00. The minimum Gasteiger partial charge on any atom is -0.464 e. The number of nitrogens with zero attached hydrogens (tertiary/aromatic N) is 1. The molecule has 1 heterocycles. The zero-order valence-electron chi connectivity index (χ0n) is 10.3. The Bertz CT molecular complexity index is 576. The Morgan fingerprint density at radius 2 is 2.18 bits per heavy atom. The van der Waals surface area contributed by atoms with Crippen molar-refractivity contribution in [3.63, 3.8) is 0 Å². The van der Waals surface area contributed by atoms with Crippen LogP contribution in [0, 0.1) is 6.92 Å². The van der Waals surface area contributed by atoms with Gasteiger partial charge in [-0.1, -0.05) is 25.1 Å². The Morgan fingerprint density at radius 1 is 1.41 bits per heavy atom. The minimum absolute atomic E-state index is 0.374. The number of hydrogen-bond acceptors (Lipinski definition) is 3. The summed E-state index contributed by atoms with van der Waals surface area (Å²) >= 11 is 0. The molecule has 1 aromatic heterocycles. The van der Waals surface area contributed by atoms with Gasteiger partial charge in [0.25, 0.3) is 0 Å². The van der Waals surface area contributed by atoms with Crippen LogP contribution in [0.25, 0.3) is 10.9 Å². The van der Waals surface area contributed by atoms with Crippen LogP contribution in [-0.4, -0.2) is 18.1 Å². The Balaban J connectivity index is 2.74. The topological polar surface area (TPSA) is 39.2 Å². The first kappa shape index (κ1) is 11.6. The molecule has 0 aliphatic rings. The molecule has 0 aliphatic carbocycles. The number of carbonyl (C=O) groups excluding carboxylic acids is 1. The molecule has 0 aliphatic heterocycles. The molecular formula is C14H15NO2. The number of para-hydroxylation sites is 1. The second kappa shape index (κ2) is 4.53. The predicted octanol–water partition coefficient (Wildman–Crippen LogP) is 2.89. The lowest BCUT2D eigenvalue weighted by molar-refractivity contribution is 0.0594. The van der Waals surface area contributed by atoms with Gasteiger partial charge in [-0.15, -0.1) is 0 Å². The fourth-order valence-corrected chi connectivity index (χ4v) is 1.97. The van der Waals surface area contributed by atoms with Gasteiger partial charge in [0.05, 0.1) is 12.6 Å². The molecule has 3 heteroatoms. The van der Waals surface area contributed by atoms with E-state index < -0.39 is 0 Å². The number of esters is 1. The molecule has 0 spiro atoms. The van der Waals surface area contributed by atoms with Crippen molar-refractivity contribution in [1.29, 1.82) is 0 Å². The highest BCUT2D eigenvalue weighted by Gasteiger charge is 2.11.